The molecule has 0 bridgehead atoms. The number of hydrogen-bond acceptors (Lipinski definition) is 4. The molecule has 16 heavy (non-hydrogen) atoms. The van der Waals surface area contributed by atoms with Gasteiger partial charge in [0.1, 0.15) is 0 Å². The average Bonchev–Trinajstić information content (AvgIpc) is 2.13. The predicted octanol–water partition coefficient (Wildman–Crippen LogP) is 0.0863. The zero-order valence-corrected chi connectivity index (χ0v) is 11.5. The van der Waals surface area contributed by atoms with E-state index in [1.807, 2.05) is 7.05 Å². The van der Waals surface area contributed by atoms with E-state index >= 15 is 0 Å². The Balaban J connectivity index is 3.98. The topological polar surface area (TPSA) is 38.7 Å². The van der Waals surface area contributed by atoms with Crippen molar-refractivity contribution in [1.82, 2.24) is 15.1 Å². The molecule has 0 amide bonds. The van der Waals surface area contributed by atoms with E-state index in [0.29, 0.717) is 12.5 Å². The Labute approximate surface area is 101 Å². The fourth-order valence-electron chi connectivity index (χ4n) is 1.71. The van der Waals surface area contributed by atoms with Gasteiger partial charge >= 0.3 is 0 Å². The lowest BCUT2D eigenvalue weighted by molar-refractivity contribution is 0.102. The Kier molecular flexibility index (Phi) is 8.84. The number of aliphatic hydroxyl groups excluding tert-OH is 1. The summed E-state index contributed by atoms with van der Waals surface area (Å²) >= 11 is 0. The molecule has 0 radical (unpaired) electrons. The number of nitrogens with one attached hydrogen (secondary N) is 1. The molecular weight excluding hydrogens is 202 g/mol. The standard InChI is InChI=1S/C12H29N3O/c1-11(2)9-15(7-6-14(4)5)10-12(16)8-13-3/h11-13,16H,6-10H2,1-5H3. The lowest BCUT2D eigenvalue weighted by atomic mass is 10.2. The monoisotopic (exact) mass is 231 g/mol. The molecule has 0 saturated carbocycles. The van der Waals surface area contributed by atoms with Gasteiger partial charge in [0, 0.05) is 32.7 Å². The van der Waals surface area contributed by atoms with Crippen LogP contribution in [0.2, 0.25) is 0 Å². The van der Waals surface area contributed by atoms with Crippen LogP contribution in [-0.4, -0.2) is 74.9 Å². The Morgan fingerprint density at radius 3 is 2.19 bits per heavy atom. The summed E-state index contributed by atoms with van der Waals surface area (Å²) in [5.41, 5.74) is 0. The third-order valence-corrected chi connectivity index (χ3v) is 2.40. The smallest absolute Gasteiger partial charge is 0.0791 e. The number of rotatable bonds is 9. The molecule has 0 aromatic heterocycles. The van der Waals surface area contributed by atoms with E-state index in [2.05, 4.69) is 43.1 Å². The largest absolute Gasteiger partial charge is 0.390 e. The molecule has 2 N–H and O–H groups in total. The molecule has 0 aliphatic carbocycles. The highest BCUT2D eigenvalue weighted by Gasteiger charge is 2.12. The van der Waals surface area contributed by atoms with E-state index in [0.717, 1.165) is 26.2 Å². The summed E-state index contributed by atoms with van der Waals surface area (Å²) in [7, 11) is 6.03. The Bertz CT molecular complexity index is 162. The van der Waals surface area contributed by atoms with Crippen molar-refractivity contribution >= 4 is 0 Å². The lowest BCUT2D eigenvalue weighted by Gasteiger charge is -2.27. The summed E-state index contributed by atoms with van der Waals surface area (Å²) in [5.74, 6) is 0.643. The summed E-state index contributed by atoms with van der Waals surface area (Å²) in [5, 5.41) is 12.8. The second-order valence-corrected chi connectivity index (χ2v) is 5.17. The molecule has 98 valence electrons. The molecule has 1 atom stereocenters. The van der Waals surface area contributed by atoms with Crippen LogP contribution in [0.5, 0.6) is 0 Å². The summed E-state index contributed by atoms with van der Waals surface area (Å²) < 4.78 is 0. The minimum Gasteiger partial charge on any atom is -0.390 e. The molecule has 0 spiro atoms. The average molecular weight is 231 g/mol. The van der Waals surface area contributed by atoms with Gasteiger partial charge < -0.3 is 15.3 Å². The second kappa shape index (κ2) is 8.93. The summed E-state index contributed by atoms with van der Waals surface area (Å²) in [6.45, 7) is 8.96. The van der Waals surface area contributed by atoms with Crippen molar-refractivity contribution < 1.29 is 5.11 Å². The van der Waals surface area contributed by atoms with Gasteiger partial charge in [0.05, 0.1) is 6.10 Å². The van der Waals surface area contributed by atoms with E-state index < -0.39 is 0 Å². The van der Waals surface area contributed by atoms with Crippen LogP contribution in [0.4, 0.5) is 0 Å². The molecule has 0 rings (SSSR count). The van der Waals surface area contributed by atoms with Gasteiger partial charge in [-0.05, 0) is 27.1 Å². The number of nitrogens with zero attached hydrogens (tertiary/aromatic N) is 2. The number of aliphatic hydroxyl groups is 1. The van der Waals surface area contributed by atoms with Crippen molar-refractivity contribution in [3.8, 4) is 0 Å². The minimum atomic E-state index is -0.272. The zero-order chi connectivity index (χ0) is 12.6. The van der Waals surface area contributed by atoms with Crippen LogP contribution < -0.4 is 5.32 Å². The molecule has 4 nitrogen and oxygen atoms in total. The number of hydrogen-bond donors (Lipinski definition) is 2. The highest BCUT2D eigenvalue weighted by Crippen LogP contribution is 2.00. The van der Waals surface area contributed by atoms with E-state index in [9.17, 15) is 5.11 Å². The SMILES string of the molecule is CNCC(O)CN(CCN(C)C)CC(C)C. The predicted molar refractivity (Wildman–Crippen MR) is 69.8 cm³/mol. The third kappa shape index (κ3) is 9.09. The van der Waals surface area contributed by atoms with Crippen LogP contribution in [0.3, 0.4) is 0 Å². The van der Waals surface area contributed by atoms with E-state index in [1.54, 1.807) is 0 Å². The molecular formula is C12H29N3O. The highest BCUT2D eigenvalue weighted by atomic mass is 16.3. The minimum absolute atomic E-state index is 0.272. The maximum atomic E-state index is 9.78. The van der Waals surface area contributed by atoms with E-state index in [-0.39, 0.29) is 6.10 Å². The van der Waals surface area contributed by atoms with Gasteiger partial charge in [0.15, 0.2) is 0 Å². The van der Waals surface area contributed by atoms with Gasteiger partial charge in [0.2, 0.25) is 0 Å². The molecule has 0 aromatic carbocycles. The maximum absolute atomic E-state index is 9.78. The van der Waals surface area contributed by atoms with E-state index in [4.69, 9.17) is 0 Å². The molecule has 1 unspecified atom stereocenters. The van der Waals surface area contributed by atoms with Crippen molar-refractivity contribution in [3.63, 3.8) is 0 Å². The first-order chi connectivity index (χ1) is 7.45. The molecule has 0 fully saturated rings. The fourth-order valence-corrected chi connectivity index (χ4v) is 1.71. The van der Waals surface area contributed by atoms with Gasteiger partial charge in [0.25, 0.3) is 0 Å². The third-order valence-electron chi connectivity index (χ3n) is 2.40. The van der Waals surface area contributed by atoms with Crippen LogP contribution in [0, 0.1) is 5.92 Å². The van der Waals surface area contributed by atoms with Crippen LogP contribution in [0.15, 0.2) is 0 Å². The van der Waals surface area contributed by atoms with Gasteiger partial charge in [-0.15, -0.1) is 0 Å². The van der Waals surface area contributed by atoms with Crippen LogP contribution in [0.25, 0.3) is 0 Å². The van der Waals surface area contributed by atoms with E-state index in [1.165, 1.54) is 0 Å². The molecule has 0 aromatic rings. The first kappa shape index (κ1) is 15.8. The molecule has 4 heteroatoms. The summed E-state index contributed by atoms with van der Waals surface area (Å²) in [4.78, 5) is 4.52. The zero-order valence-electron chi connectivity index (χ0n) is 11.5. The van der Waals surface area contributed by atoms with Gasteiger partial charge in [-0.25, -0.2) is 0 Å². The van der Waals surface area contributed by atoms with Crippen molar-refractivity contribution in [2.24, 2.45) is 5.92 Å². The Morgan fingerprint density at radius 1 is 1.12 bits per heavy atom. The van der Waals surface area contributed by atoms with Crippen molar-refractivity contribution in [2.45, 2.75) is 20.0 Å². The van der Waals surface area contributed by atoms with Gasteiger partial charge in [-0.2, -0.15) is 0 Å². The molecule has 0 aliphatic rings. The lowest BCUT2D eigenvalue weighted by Crippen LogP contribution is -2.42. The highest BCUT2D eigenvalue weighted by molar-refractivity contribution is 4.68. The van der Waals surface area contributed by atoms with Crippen molar-refractivity contribution in [2.75, 3.05) is 53.9 Å². The van der Waals surface area contributed by atoms with Gasteiger partial charge in [-0.1, -0.05) is 13.8 Å². The normalized spacial score (nSPS) is 14.1. The Morgan fingerprint density at radius 2 is 1.75 bits per heavy atom. The molecule has 0 saturated heterocycles. The first-order valence-electron chi connectivity index (χ1n) is 6.15. The maximum Gasteiger partial charge on any atom is 0.0791 e. The first-order valence-corrected chi connectivity index (χ1v) is 6.15. The van der Waals surface area contributed by atoms with Crippen LogP contribution in [0.1, 0.15) is 13.8 Å². The summed E-state index contributed by atoms with van der Waals surface area (Å²) in [6.07, 6.45) is -0.272. The second-order valence-electron chi connectivity index (χ2n) is 5.17. The molecule has 0 heterocycles. The Hall–Kier alpha value is -0.160. The van der Waals surface area contributed by atoms with Crippen LogP contribution in [-0.2, 0) is 0 Å². The van der Waals surface area contributed by atoms with Crippen molar-refractivity contribution in [1.29, 1.82) is 0 Å². The number of likely N-dealkylation sites (N-methyl/N-ethyl adjacent to an activating group) is 2. The summed E-state index contributed by atoms with van der Waals surface area (Å²) in [6, 6.07) is 0. The fraction of sp³-hybridized carbons (Fsp3) is 1.00. The quantitative estimate of drug-likeness (QED) is 0.590. The van der Waals surface area contributed by atoms with Gasteiger partial charge in [-0.3, -0.25) is 4.90 Å². The molecule has 0 aliphatic heterocycles. The van der Waals surface area contributed by atoms with Crippen LogP contribution >= 0.6 is 0 Å². The van der Waals surface area contributed by atoms with Crippen molar-refractivity contribution in [3.05, 3.63) is 0 Å².